The molecule has 8 aromatic carbocycles. The molecule has 4 aliphatic rings. The lowest BCUT2D eigenvalue weighted by molar-refractivity contribution is 0.436. The molecule has 0 amide bonds. The van der Waals surface area contributed by atoms with Gasteiger partial charge in [0.2, 0.25) is 0 Å². The molecule has 0 saturated carbocycles. The number of allylic oxidation sites excluding steroid dienone is 5. The average molecular weight is 754 g/mol. The normalized spacial score (nSPS) is 16.8. The standard InChI is InChI=1S/C57H39NO/c1-3-4-23-46-37(2)41-20-8-11-24-47(41)56(46)48-25-12-9-21-42(48)44-33-31-39(35-52(44)56)58(38-18-6-5-7-19-38)40-32-34-45-43-22-10-13-26-49(43)57(53(45)36-40)50-27-14-16-29-54(50)59-55-30-17-15-28-51(55)57/h3-36H,1H2,2H3/b23-4-. The molecule has 59 heavy (non-hydrogen) atoms. The van der Waals surface area contributed by atoms with Crippen LogP contribution in [0.5, 0.6) is 11.5 Å². The predicted molar refractivity (Wildman–Crippen MR) is 242 cm³/mol. The summed E-state index contributed by atoms with van der Waals surface area (Å²) in [5, 5.41) is 0. The molecule has 1 unspecified atom stereocenters. The van der Waals surface area contributed by atoms with E-state index < -0.39 is 10.8 Å². The van der Waals surface area contributed by atoms with Crippen LogP contribution >= 0.6 is 0 Å². The SMILES string of the molecule is C=C/C=C\C1=C(C)c2ccccc2C12c1ccccc1-c1ccc(N(c3ccccc3)c3ccc4c(c3)C3(c5ccccc5Oc5ccccc53)c3ccccc3-4)cc12. The van der Waals surface area contributed by atoms with E-state index in [1.54, 1.807) is 0 Å². The summed E-state index contributed by atoms with van der Waals surface area (Å²) < 4.78 is 6.67. The fraction of sp³-hybridized carbons (Fsp3) is 0.0526. The topological polar surface area (TPSA) is 12.5 Å². The zero-order chi connectivity index (χ0) is 39.3. The van der Waals surface area contributed by atoms with Crippen molar-refractivity contribution in [3.63, 3.8) is 0 Å². The molecule has 12 rings (SSSR count). The highest BCUT2D eigenvalue weighted by Crippen LogP contribution is 2.64. The molecular formula is C57H39NO. The van der Waals surface area contributed by atoms with Crippen molar-refractivity contribution in [2.24, 2.45) is 0 Å². The highest BCUT2D eigenvalue weighted by Gasteiger charge is 2.53. The molecule has 0 N–H and O–H groups in total. The van der Waals surface area contributed by atoms with Gasteiger partial charge in [-0.2, -0.15) is 0 Å². The Morgan fingerprint density at radius 3 is 1.44 bits per heavy atom. The van der Waals surface area contributed by atoms with E-state index in [2.05, 4.69) is 219 Å². The van der Waals surface area contributed by atoms with E-state index in [0.717, 1.165) is 39.7 Å². The van der Waals surface area contributed by atoms with Crippen LogP contribution in [0.3, 0.4) is 0 Å². The first-order valence-corrected chi connectivity index (χ1v) is 20.5. The third-order valence-corrected chi connectivity index (χ3v) is 13.3. The summed E-state index contributed by atoms with van der Waals surface area (Å²) in [6.07, 6.45) is 6.27. The second-order valence-corrected chi connectivity index (χ2v) is 16.0. The van der Waals surface area contributed by atoms with E-state index in [-0.39, 0.29) is 0 Å². The van der Waals surface area contributed by atoms with Gasteiger partial charge in [-0.3, -0.25) is 0 Å². The maximum absolute atomic E-state index is 6.67. The monoisotopic (exact) mass is 753 g/mol. The summed E-state index contributed by atoms with van der Waals surface area (Å²) in [6.45, 7) is 6.36. The number of hydrogen-bond acceptors (Lipinski definition) is 2. The molecule has 278 valence electrons. The van der Waals surface area contributed by atoms with Gasteiger partial charge in [-0.05, 0) is 122 Å². The Morgan fingerprint density at radius 2 is 0.864 bits per heavy atom. The van der Waals surface area contributed by atoms with Crippen molar-refractivity contribution < 1.29 is 4.74 Å². The van der Waals surface area contributed by atoms with E-state index in [0.29, 0.717) is 0 Å². The lowest BCUT2D eigenvalue weighted by Crippen LogP contribution is -2.32. The van der Waals surface area contributed by atoms with Crippen LogP contribution in [0.15, 0.2) is 218 Å². The molecule has 0 fully saturated rings. The zero-order valence-corrected chi connectivity index (χ0v) is 32.7. The summed E-state index contributed by atoms with van der Waals surface area (Å²) in [6, 6.07) is 69.2. The molecule has 1 atom stereocenters. The van der Waals surface area contributed by atoms with Gasteiger partial charge in [0, 0.05) is 28.2 Å². The van der Waals surface area contributed by atoms with E-state index in [1.807, 2.05) is 6.08 Å². The first kappa shape index (κ1) is 33.7. The molecule has 8 aromatic rings. The number of para-hydroxylation sites is 3. The molecule has 0 bridgehead atoms. The highest BCUT2D eigenvalue weighted by molar-refractivity contribution is 5.97. The Hall–Kier alpha value is -7.42. The number of hydrogen-bond donors (Lipinski definition) is 0. The summed E-state index contributed by atoms with van der Waals surface area (Å²) >= 11 is 0. The number of ether oxygens (including phenoxy) is 1. The summed E-state index contributed by atoms with van der Waals surface area (Å²) in [7, 11) is 0. The third-order valence-electron chi connectivity index (χ3n) is 13.3. The van der Waals surface area contributed by atoms with Crippen molar-refractivity contribution in [2.75, 3.05) is 4.90 Å². The molecule has 0 saturated heterocycles. The van der Waals surface area contributed by atoms with Gasteiger partial charge in [0.15, 0.2) is 0 Å². The Kier molecular flexibility index (Phi) is 7.16. The molecule has 0 radical (unpaired) electrons. The molecule has 1 heterocycles. The number of nitrogens with zero attached hydrogens (tertiary/aromatic N) is 1. The van der Waals surface area contributed by atoms with Crippen LogP contribution in [-0.2, 0) is 10.8 Å². The minimum Gasteiger partial charge on any atom is -0.457 e. The molecule has 0 aromatic heterocycles. The van der Waals surface area contributed by atoms with Crippen LogP contribution in [0.4, 0.5) is 17.1 Å². The van der Waals surface area contributed by atoms with Crippen molar-refractivity contribution >= 4 is 22.6 Å². The van der Waals surface area contributed by atoms with E-state index >= 15 is 0 Å². The molecule has 2 spiro atoms. The fourth-order valence-electron chi connectivity index (χ4n) is 11.1. The largest absolute Gasteiger partial charge is 0.457 e. The van der Waals surface area contributed by atoms with Crippen molar-refractivity contribution in [1.82, 2.24) is 0 Å². The minimum atomic E-state index is -0.568. The van der Waals surface area contributed by atoms with Gasteiger partial charge < -0.3 is 9.64 Å². The lowest BCUT2D eigenvalue weighted by Gasteiger charge is -2.39. The van der Waals surface area contributed by atoms with Crippen LogP contribution in [0, 0.1) is 0 Å². The smallest absolute Gasteiger partial charge is 0.132 e. The highest BCUT2D eigenvalue weighted by atomic mass is 16.5. The Labute approximate surface area is 345 Å². The van der Waals surface area contributed by atoms with Crippen LogP contribution in [-0.4, -0.2) is 0 Å². The van der Waals surface area contributed by atoms with Crippen LogP contribution < -0.4 is 9.64 Å². The van der Waals surface area contributed by atoms with Crippen LogP contribution in [0.25, 0.3) is 27.8 Å². The maximum Gasteiger partial charge on any atom is 0.132 e. The molecule has 3 aliphatic carbocycles. The number of benzene rings is 8. The molecular weight excluding hydrogens is 715 g/mol. The average Bonchev–Trinajstić information content (AvgIpc) is 3.85. The molecule has 2 nitrogen and oxygen atoms in total. The first-order chi connectivity index (χ1) is 29.2. The summed E-state index contributed by atoms with van der Waals surface area (Å²) in [5.41, 5.74) is 20.0. The predicted octanol–water partition coefficient (Wildman–Crippen LogP) is 14.5. The third kappa shape index (κ3) is 4.35. The Morgan fingerprint density at radius 1 is 0.424 bits per heavy atom. The molecule has 2 heteroatoms. The van der Waals surface area contributed by atoms with Gasteiger partial charge in [-0.15, -0.1) is 0 Å². The van der Waals surface area contributed by atoms with Crippen LogP contribution in [0.2, 0.25) is 0 Å². The van der Waals surface area contributed by atoms with Crippen molar-refractivity contribution in [3.05, 3.63) is 263 Å². The number of rotatable bonds is 5. The second-order valence-electron chi connectivity index (χ2n) is 16.0. The summed E-state index contributed by atoms with van der Waals surface area (Å²) in [4.78, 5) is 2.45. The Bertz CT molecular complexity index is 3080. The van der Waals surface area contributed by atoms with Gasteiger partial charge in [0.1, 0.15) is 11.5 Å². The van der Waals surface area contributed by atoms with Crippen molar-refractivity contribution in [3.8, 4) is 33.8 Å². The number of fused-ring (bicyclic) bond motifs is 16. The minimum absolute atomic E-state index is 0.483. The zero-order valence-electron chi connectivity index (χ0n) is 32.7. The van der Waals surface area contributed by atoms with Crippen LogP contribution in [0.1, 0.15) is 51.4 Å². The summed E-state index contributed by atoms with van der Waals surface area (Å²) in [5.74, 6) is 1.79. The van der Waals surface area contributed by atoms with Crippen molar-refractivity contribution in [2.45, 2.75) is 17.8 Å². The van der Waals surface area contributed by atoms with Gasteiger partial charge in [-0.25, -0.2) is 0 Å². The van der Waals surface area contributed by atoms with E-state index in [9.17, 15) is 0 Å². The quantitative estimate of drug-likeness (QED) is 0.162. The van der Waals surface area contributed by atoms with Gasteiger partial charge in [0.25, 0.3) is 0 Å². The van der Waals surface area contributed by atoms with E-state index in [1.165, 1.54) is 66.8 Å². The van der Waals surface area contributed by atoms with Crippen molar-refractivity contribution in [1.29, 1.82) is 0 Å². The Balaban J connectivity index is 1.13. The number of anilines is 3. The fourth-order valence-corrected chi connectivity index (χ4v) is 11.1. The first-order valence-electron chi connectivity index (χ1n) is 20.5. The lowest BCUT2D eigenvalue weighted by atomic mass is 9.66. The van der Waals surface area contributed by atoms with Gasteiger partial charge in [-0.1, -0.05) is 164 Å². The van der Waals surface area contributed by atoms with E-state index in [4.69, 9.17) is 4.74 Å². The second kappa shape index (κ2) is 12.5. The molecule has 1 aliphatic heterocycles. The maximum atomic E-state index is 6.67. The van der Waals surface area contributed by atoms with Gasteiger partial charge >= 0.3 is 0 Å². The van der Waals surface area contributed by atoms with Gasteiger partial charge in [0.05, 0.1) is 10.8 Å².